The summed E-state index contributed by atoms with van der Waals surface area (Å²) in [6.07, 6.45) is 5.73. The maximum Gasteiger partial charge on any atom is 0.0100 e. The second kappa shape index (κ2) is 6.38. The van der Waals surface area contributed by atoms with Crippen LogP contribution in [0.2, 0.25) is 0 Å². The van der Waals surface area contributed by atoms with Gasteiger partial charge in [0.15, 0.2) is 0 Å². The van der Waals surface area contributed by atoms with Gasteiger partial charge in [0.25, 0.3) is 0 Å². The number of nitrogens with one attached hydrogen (secondary N) is 1. The molecule has 3 unspecified atom stereocenters. The summed E-state index contributed by atoms with van der Waals surface area (Å²) in [4.78, 5) is 2.79. The first-order valence-electron chi connectivity index (χ1n) is 8.02. The van der Waals surface area contributed by atoms with Gasteiger partial charge >= 0.3 is 0 Å². The van der Waals surface area contributed by atoms with Crippen LogP contribution in [0.15, 0.2) is 0 Å². The molecule has 1 N–H and O–H groups in total. The van der Waals surface area contributed by atoms with Gasteiger partial charge in [0, 0.05) is 18.6 Å². The number of nitrogens with zero attached hydrogens (tertiary/aromatic N) is 1. The molecule has 2 aliphatic rings. The first kappa shape index (κ1) is 14.3. The molecule has 2 heteroatoms. The molecule has 0 spiro atoms. The second-order valence-corrected chi connectivity index (χ2v) is 7.28. The molecule has 0 aromatic carbocycles. The summed E-state index contributed by atoms with van der Waals surface area (Å²) < 4.78 is 0. The molecule has 1 saturated carbocycles. The zero-order valence-corrected chi connectivity index (χ0v) is 12.8. The normalized spacial score (nSPS) is 38.5. The van der Waals surface area contributed by atoms with Gasteiger partial charge in [0.2, 0.25) is 0 Å². The molecule has 0 aromatic rings. The Hall–Kier alpha value is -0.0800. The van der Waals surface area contributed by atoms with E-state index in [9.17, 15) is 0 Å². The molecule has 1 saturated heterocycles. The third-order valence-electron chi connectivity index (χ3n) is 4.80. The van der Waals surface area contributed by atoms with Crippen LogP contribution in [0.25, 0.3) is 0 Å². The minimum Gasteiger partial charge on any atom is -0.314 e. The third kappa shape index (κ3) is 3.96. The van der Waals surface area contributed by atoms with Crippen molar-refractivity contribution in [3.63, 3.8) is 0 Å². The highest BCUT2D eigenvalue weighted by atomic mass is 15.2. The van der Waals surface area contributed by atoms with Crippen molar-refractivity contribution < 1.29 is 0 Å². The quantitative estimate of drug-likeness (QED) is 0.827. The lowest BCUT2D eigenvalue weighted by Gasteiger charge is -2.37. The summed E-state index contributed by atoms with van der Waals surface area (Å²) in [5.74, 6) is 2.76. The van der Waals surface area contributed by atoms with Crippen LogP contribution in [0.1, 0.15) is 53.4 Å². The van der Waals surface area contributed by atoms with Gasteiger partial charge in [0.05, 0.1) is 0 Å². The summed E-state index contributed by atoms with van der Waals surface area (Å²) in [7, 11) is 0. The monoisotopic (exact) mass is 252 g/mol. The van der Waals surface area contributed by atoms with Crippen molar-refractivity contribution in [2.45, 2.75) is 65.5 Å². The molecule has 1 aliphatic carbocycles. The van der Waals surface area contributed by atoms with E-state index in [2.05, 4.69) is 37.9 Å². The predicted molar refractivity (Wildman–Crippen MR) is 78.8 cm³/mol. The van der Waals surface area contributed by atoms with E-state index in [1.165, 1.54) is 45.3 Å². The van der Waals surface area contributed by atoms with Gasteiger partial charge in [-0.3, -0.25) is 0 Å². The molecule has 0 aromatic heterocycles. The molecule has 2 fully saturated rings. The van der Waals surface area contributed by atoms with Gasteiger partial charge in [-0.05, 0) is 56.5 Å². The van der Waals surface area contributed by atoms with Gasteiger partial charge in [-0.1, -0.05) is 27.7 Å². The smallest absolute Gasteiger partial charge is 0.0100 e. The van der Waals surface area contributed by atoms with E-state index in [4.69, 9.17) is 0 Å². The molecule has 0 bridgehead atoms. The molecular formula is C16H32N2. The predicted octanol–water partition coefficient (Wildman–Crippen LogP) is 3.13. The Morgan fingerprint density at radius 1 is 1.11 bits per heavy atom. The summed E-state index contributed by atoms with van der Waals surface area (Å²) in [5, 5.41) is 3.60. The SMILES string of the molecule is CC1CC(C)CC(N2CCC(CNC(C)C)C2)C1. The van der Waals surface area contributed by atoms with Crippen molar-refractivity contribution in [2.75, 3.05) is 19.6 Å². The van der Waals surface area contributed by atoms with Crippen LogP contribution in [0.3, 0.4) is 0 Å². The Labute approximate surface area is 114 Å². The van der Waals surface area contributed by atoms with Crippen molar-refractivity contribution in [1.29, 1.82) is 0 Å². The lowest BCUT2D eigenvalue weighted by atomic mass is 9.80. The zero-order valence-electron chi connectivity index (χ0n) is 12.8. The standard InChI is InChI=1S/C16H32N2/c1-12(2)17-10-15-5-6-18(11-15)16-8-13(3)7-14(4)9-16/h12-17H,5-11H2,1-4H3. The molecule has 0 radical (unpaired) electrons. The molecule has 1 heterocycles. The summed E-state index contributed by atoms with van der Waals surface area (Å²) in [5.41, 5.74) is 0. The van der Waals surface area contributed by atoms with E-state index < -0.39 is 0 Å². The van der Waals surface area contributed by atoms with Crippen LogP contribution in [-0.2, 0) is 0 Å². The van der Waals surface area contributed by atoms with Crippen molar-refractivity contribution in [3.8, 4) is 0 Å². The lowest BCUT2D eigenvalue weighted by molar-refractivity contribution is 0.128. The fourth-order valence-electron chi connectivity index (χ4n) is 3.97. The molecule has 2 rings (SSSR count). The highest BCUT2D eigenvalue weighted by Crippen LogP contribution is 2.33. The molecule has 106 valence electrons. The average molecular weight is 252 g/mol. The van der Waals surface area contributed by atoms with E-state index in [-0.39, 0.29) is 0 Å². The van der Waals surface area contributed by atoms with Gasteiger partial charge in [-0.15, -0.1) is 0 Å². The van der Waals surface area contributed by atoms with Crippen molar-refractivity contribution in [1.82, 2.24) is 10.2 Å². The first-order chi connectivity index (χ1) is 8.54. The number of rotatable bonds is 4. The van der Waals surface area contributed by atoms with Crippen molar-refractivity contribution >= 4 is 0 Å². The first-order valence-corrected chi connectivity index (χ1v) is 8.02. The van der Waals surface area contributed by atoms with Gasteiger partial charge < -0.3 is 10.2 Å². The Kier molecular flexibility index (Phi) is 5.08. The van der Waals surface area contributed by atoms with Crippen LogP contribution < -0.4 is 5.32 Å². The number of hydrogen-bond donors (Lipinski definition) is 1. The fourth-order valence-corrected chi connectivity index (χ4v) is 3.97. The van der Waals surface area contributed by atoms with Gasteiger partial charge in [0.1, 0.15) is 0 Å². The van der Waals surface area contributed by atoms with E-state index in [0.29, 0.717) is 6.04 Å². The molecule has 2 nitrogen and oxygen atoms in total. The topological polar surface area (TPSA) is 15.3 Å². The maximum absolute atomic E-state index is 3.60. The van der Waals surface area contributed by atoms with Gasteiger partial charge in [-0.25, -0.2) is 0 Å². The Balaban J connectivity index is 1.77. The average Bonchev–Trinajstić information content (AvgIpc) is 2.73. The van der Waals surface area contributed by atoms with E-state index >= 15 is 0 Å². The molecule has 1 aliphatic heterocycles. The third-order valence-corrected chi connectivity index (χ3v) is 4.80. The second-order valence-electron chi connectivity index (χ2n) is 7.28. The largest absolute Gasteiger partial charge is 0.314 e. The minimum atomic E-state index is 0.633. The van der Waals surface area contributed by atoms with E-state index in [1.807, 2.05) is 0 Å². The van der Waals surface area contributed by atoms with Crippen LogP contribution in [0.4, 0.5) is 0 Å². The van der Waals surface area contributed by atoms with Crippen LogP contribution in [0.5, 0.6) is 0 Å². The van der Waals surface area contributed by atoms with Crippen LogP contribution >= 0.6 is 0 Å². The van der Waals surface area contributed by atoms with Gasteiger partial charge in [-0.2, -0.15) is 0 Å². The minimum absolute atomic E-state index is 0.633. The molecular weight excluding hydrogens is 220 g/mol. The van der Waals surface area contributed by atoms with E-state index in [1.54, 1.807) is 0 Å². The summed E-state index contributed by atoms with van der Waals surface area (Å²) in [6.45, 7) is 13.3. The highest BCUT2D eigenvalue weighted by molar-refractivity contribution is 4.87. The fraction of sp³-hybridized carbons (Fsp3) is 1.00. The number of likely N-dealkylation sites (tertiary alicyclic amines) is 1. The Bertz CT molecular complexity index is 241. The summed E-state index contributed by atoms with van der Waals surface area (Å²) in [6, 6.07) is 1.52. The molecule has 0 amide bonds. The Morgan fingerprint density at radius 2 is 1.78 bits per heavy atom. The number of hydrogen-bond acceptors (Lipinski definition) is 2. The van der Waals surface area contributed by atoms with E-state index in [0.717, 1.165) is 23.8 Å². The Morgan fingerprint density at radius 3 is 2.39 bits per heavy atom. The highest BCUT2D eigenvalue weighted by Gasteiger charge is 2.32. The molecule has 3 atom stereocenters. The van der Waals surface area contributed by atoms with Crippen LogP contribution in [-0.4, -0.2) is 36.6 Å². The maximum atomic E-state index is 3.60. The molecule has 18 heavy (non-hydrogen) atoms. The van der Waals surface area contributed by atoms with Crippen LogP contribution in [0, 0.1) is 17.8 Å². The summed E-state index contributed by atoms with van der Waals surface area (Å²) >= 11 is 0. The van der Waals surface area contributed by atoms with Crippen molar-refractivity contribution in [2.24, 2.45) is 17.8 Å². The lowest BCUT2D eigenvalue weighted by Crippen LogP contribution is -2.40. The zero-order chi connectivity index (χ0) is 13.1. The van der Waals surface area contributed by atoms with Crippen molar-refractivity contribution in [3.05, 3.63) is 0 Å².